The third-order valence-corrected chi connectivity index (χ3v) is 6.45. The summed E-state index contributed by atoms with van der Waals surface area (Å²) in [5.41, 5.74) is -1.09. The van der Waals surface area contributed by atoms with E-state index in [9.17, 15) is 50.8 Å². The second kappa shape index (κ2) is 8.30. The first-order valence-corrected chi connectivity index (χ1v) is 10.2. The molecule has 9 unspecified atom stereocenters. The SMILES string of the molecule is CC(=O)c1c(O)c(C2OC(CO)C(O)C(O)C2O)c(O)c2c1OC1(C2)OC(CO)C(O)C1O. The lowest BCUT2D eigenvalue weighted by atomic mass is 9.86. The molecule has 2 fully saturated rings. The number of fused-ring (bicyclic) bond motifs is 1. The summed E-state index contributed by atoms with van der Waals surface area (Å²) in [7, 11) is 0. The van der Waals surface area contributed by atoms with Crippen molar-refractivity contribution in [3.8, 4) is 17.2 Å². The van der Waals surface area contributed by atoms with Crippen LogP contribution in [0.2, 0.25) is 0 Å². The smallest absolute Gasteiger partial charge is 0.244 e. The van der Waals surface area contributed by atoms with Gasteiger partial charge in [0.05, 0.1) is 18.8 Å². The lowest BCUT2D eigenvalue weighted by molar-refractivity contribution is -0.232. The largest absolute Gasteiger partial charge is 0.507 e. The standard InChI is InChI=1S/C20H26O13/c1-5(23)9-14(27)10(18-16(29)15(28)12(25)7(3-21)31-18)11(24)6-2-20(33-17(6)9)19(30)13(26)8(4-22)32-20/h7-8,12-13,15-16,18-19,21-22,24-30H,2-4H2,1H3. The summed E-state index contributed by atoms with van der Waals surface area (Å²) in [4.78, 5) is 12.4. The number of aromatic hydroxyl groups is 2. The summed E-state index contributed by atoms with van der Waals surface area (Å²) in [5.74, 6) is -4.63. The average Bonchev–Trinajstić information content (AvgIpc) is 3.26. The Labute approximate surface area is 186 Å². The molecule has 4 rings (SSSR count). The molecular weight excluding hydrogens is 448 g/mol. The maximum Gasteiger partial charge on any atom is 0.244 e. The first-order chi connectivity index (χ1) is 15.5. The zero-order valence-electron chi connectivity index (χ0n) is 17.4. The van der Waals surface area contributed by atoms with E-state index in [4.69, 9.17) is 14.2 Å². The lowest BCUT2D eigenvalue weighted by Gasteiger charge is -2.40. The van der Waals surface area contributed by atoms with Gasteiger partial charge in [-0.15, -0.1) is 0 Å². The van der Waals surface area contributed by atoms with Crippen LogP contribution in [0.5, 0.6) is 17.2 Å². The van der Waals surface area contributed by atoms with E-state index in [2.05, 4.69) is 0 Å². The lowest BCUT2D eigenvalue weighted by Crippen LogP contribution is -2.55. The van der Waals surface area contributed by atoms with Crippen LogP contribution in [0, 0.1) is 0 Å². The highest BCUT2D eigenvalue weighted by Gasteiger charge is 2.60. The Bertz CT molecular complexity index is 949. The molecule has 0 aromatic heterocycles. The van der Waals surface area contributed by atoms with Crippen molar-refractivity contribution in [2.75, 3.05) is 13.2 Å². The number of ether oxygens (including phenoxy) is 3. The fourth-order valence-corrected chi connectivity index (χ4v) is 4.68. The Balaban J connectivity index is 1.85. The van der Waals surface area contributed by atoms with Gasteiger partial charge in [-0.3, -0.25) is 4.79 Å². The Morgan fingerprint density at radius 3 is 2.12 bits per heavy atom. The minimum atomic E-state index is -1.99. The Kier molecular flexibility index (Phi) is 6.05. The van der Waals surface area contributed by atoms with Gasteiger partial charge >= 0.3 is 0 Å². The van der Waals surface area contributed by atoms with Crippen LogP contribution in [0.25, 0.3) is 0 Å². The molecule has 0 amide bonds. The van der Waals surface area contributed by atoms with Crippen molar-refractivity contribution in [2.24, 2.45) is 0 Å². The van der Waals surface area contributed by atoms with Crippen molar-refractivity contribution in [2.45, 2.75) is 68.0 Å². The summed E-state index contributed by atoms with van der Waals surface area (Å²) < 4.78 is 16.6. The van der Waals surface area contributed by atoms with Gasteiger partial charge in [-0.25, -0.2) is 0 Å². The predicted octanol–water partition coefficient (Wildman–Crippen LogP) is -3.44. The molecule has 184 valence electrons. The number of Topliss-reactive ketones (excluding diaryl/α,β-unsaturated/α-hetero) is 1. The molecule has 3 aliphatic heterocycles. The summed E-state index contributed by atoms with van der Waals surface area (Å²) in [5, 5.41) is 92.0. The Morgan fingerprint density at radius 1 is 0.939 bits per heavy atom. The molecule has 1 aromatic carbocycles. The number of aliphatic hydroxyl groups excluding tert-OH is 7. The van der Waals surface area contributed by atoms with E-state index in [0.29, 0.717) is 0 Å². The monoisotopic (exact) mass is 474 g/mol. The van der Waals surface area contributed by atoms with Crippen LogP contribution in [-0.2, 0) is 15.9 Å². The molecule has 33 heavy (non-hydrogen) atoms. The van der Waals surface area contributed by atoms with Crippen LogP contribution < -0.4 is 4.74 Å². The van der Waals surface area contributed by atoms with E-state index >= 15 is 0 Å². The van der Waals surface area contributed by atoms with Gasteiger partial charge in [0.25, 0.3) is 0 Å². The molecule has 0 bridgehead atoms. The first-order valence-electron chi connectivity index (χ1n) is 10.2. The number of benzene rings is 1. The van der Waals surface area contributed by atoms with Gasteiger partial charge in [0.2, 0.25) is 5.79 Å². The maximum absolute atomic E-state index is 12.4. The zero-order valence-corrected chi connectivity index (χ0v) is 17.4. The number of phenols is 2. The molecule has 13 heteroatoms. The van der Waals surface area contributed by atoms with Gasteiger partial charge in [-0.1, -0.05) is 0 Å². The van der Waals surface area contributed by atoms with Crippen LogP contribution in [-0.4, -0.2) is 113 Å². The van der Waals surface area contributed by atoms with E-state index in [1.54, 1.807) is 0 Å². The van der Waals surface area contributed by atoms with Crippen molar-refractivity contribution in [1.82, 2.24) is 0 Å². The molecule has 2 saturated heterocycles. The van der Waals surface area contributed by atoms with Crippen LogP contribution >= 0.6 is 0 Å². The number of carbonyl (C=O) groups excluding carboxylic acids is 1. The molecule has 0 aliphatic carbocycles. The van der Waals surface area contributed by atoms with Crippen LogP contribution in [0.4, 0.5) is 0 Å². The van der Waals surface area contributed by atoms with Gasteiger partial charge < -0.3 is 60.2 Å². The van der Waals surface area contributed by atoms with Gasteiger partial charge in [0.1, 0.15) is 71.6 Å². The van der Waals surface area contributed by atoms with E-state index in [1.165, 1.54) is 0 Å². The molecule has 0 radical (unpaired) electrons. The summed E-state index contributed by atoms with van der Waals surface area (Å²) in [6, 6.07) is 0. The van der Waals surface area contributed by atoms with Gasteiger partial charge in [-0.05, 0) is 6.92 Å². The number of carbonyl (C=O) groups is 1. The van der Waals surface area contributed by atoms with E-state index in [-0.39, 0.29) is 11.3 Å². The van der Waals surface area contributed by atoms with Crippen molar-refractivity contribution in [3.05, 3.63) is 16.7 Å². The molecule has 3 aliphatic rings. The van der Waals surface area contributed by atoms with E-state index in [1.807, 2.05) is 0 Å². The number of hydrogen-bond donors (Lipinski definition) is 9. The minimum Gasteiger partial charge on any atom is -0.507 e. The molecule has 13 nitrogen and oxygen atoms in total. The second-order valence-electron chi connectivity index (χ2n) is 8.46. The average molecular weight is 474 g/mol. The topological polar surface area (TPSA) is 227 Å². The van der Waals surface area contributed by atoms with Gasteiger partial charge in [0, 0.05) is 12.0 Å². The quantitative estimate of drug-likeness (QED) is 0.194. The highest BCUT2D eigenvalue weighted by Crippen LogP contribution is 2.55. The normalized spacial score (nSPS) is 40.1. The first kappa shape index (κ1) is 24.1. The van der Waals surface area contributed by atoms with Crippen molar-refractivity contribution in [3.63, 3.8) is 0 Å². The third-order valence-electron chi connectivity index (χ3n) is 6.45. The maximum atomic E-state index is 12.4. The molecule has 9 atom stereocenters. The third kappa shape index (κ3) is 3.39. The number of rotatable bonds is 4. The molecular formula is C20H26O13. The second-order valence-corrected chi connectivity index (χ2v) is 8.46. The highest BCUT2D eigenvalue weighted by atomic mass is 16.7. The predicted molar refractivity (Wildman–Crippen MR) is 104 cm³/mol. The Hall–Kier alpha value is -2.07. The van der Waals surface area contributed by atoms with E-state index < -0.39 is 103 Å². The van der Waals surface area contributed by atoms with Crippen molar-refractivity contribution in [1.29, 1.82) is 0 Å². The molecule has 0 saturated carbocycles. The molecule has 1 spiro atoms. The fraction of sp³-hybridized carbons (Fsp3) is 0.650. The van der Waals surface area contributed by atoms with Gasteiger partial charge in [0.15, 0.2) is 5.78 Å². The van der Waals surface area contributed by atoms with Crippen LogP contribution in [0.15, 0.2) is 0 Å². The number of phenolic OH excluding ortho intramolecular Hbond substituents is 2. The minimum absolute atomic E-state index is 0.130. The molecule has 3 heterocycles. The summed E-state index contributed by atoms with van der Waals surface area (Å²) in [6.07, 6.45) is -13.3. The van der Waals surface area contributed by atoms with Crippen LogP contribution in [0.3, 0.4) is 0 Å². The number of ketones is 1. The summed E-state index contributed by atoms with van der Waals surface area (Å²) >= 11 is 0. The van der Waals surface area contributed by atoms with Crippen LogP contribution in [0.1, 0.15) is 34.5 Å². The summed E-state index contributed by atoms with van der Waals surface area (Å²) in [6.45, 7) is -0.345. The highest BCUT2D eigenvalue weighted by molar-refractivity contribution is 6.01. The van der Waals surface area contributed by atoms with Crippen molar-refractivity contribution < 1.29 is 65.0 Å². The van der Waals surface area contributed by atoms with E-state index in [0.717, 1.165) is 6.92 Å². The van der Waals surface area contributed by atoms with Crippen molar-refractivity contribution >= 4 is 5.78 Å². The fourth-order valence-electron chi connectivity index (χ4n) is 4.68. The van der Waals surface area contributed by atoms with Gasteiger partial charge in [-0.2, -0.15) is 0 Å². The Morgan fingerprint density at radius 2 is 1.58 bits per heavy atom. The number of aliphatic hydroxyl groups is 7. The zero-order chi connectivity index (χ0) is 24.4. The molecule has 9 N–H and O–H groups in total. The number of hydrogen-bond acceptors (Lipinski definition) is 13. The molecule has 1 aromatic rings.